The number of aliphatic hydroxyl groups excluding tert-OH is 2. The summed E-state index contributed by atoms with van der Waals surface area (Å²) in [5, 5.41) is 22.1. The third kappa shape index (κ3) is 4.56. The monoisotopic (exact) mass is 408 g/mol. The fourth-order valence-corrected chi connectivity index (χ4v) is 4.03. The molecule has 0 saturated carbocycles. The Morgan fingerprint density at radius 1 is 1.03 bits per heavy atom. The first-order valence-electron chi connectivity index (χ1n) is 10.4. The van der Waals surface area contributed by atoms with Crippen LogP contribution in [-0.4, -0.2) is 65.7 Å². The second-order valence-corrected chi connectivity index (χ2v) is 7.73. The molecule has 1 aromatic heterocycles. The number of fused-ring (bicyclic) bond motifs is 1. The highest BCUT2D eigenvalue weighted by atomic mass is 16.5. The van der Waals surface area contributed by atoms with Gasteiger partial charge in [0, 0.05) is 43.0 Å². The van der Waals surface area contributed by atoms with E-state index in [1.165, 1.54) is 0 Å². The molecule has 1 unspecified atom stereocenters. The van der Waals surface area contributed by atoms with Crippen molar-refractivity contribution in [3.05, 3.63) is 54.9 Å². The van der Waals surface area contributed by atoms with E-state index in [1.807, 2.05) is 36.4 Å². The number of hydrogen-bond donors (Lipinski definition) is 2. The molecule has 3 aromatic rings. The molecule has 1 aliphatic heterocycles. The van der Waals surface area contributed by atoms with Crippen molar-refractivity contribution in [1.29, 1.82) is 0 Å². The van der Waals surface area contributed by atoms with Crippen LogP contribution >= 0.6 is 0 Å². The predicted molar refractivity (Wildman–Crippen MR) is 117 cm³/mol. The summed E-state index contributed by atoms with van der Waals surface area (Å²) < 4.78 is 11.5. The van der Waals surface area contributed by atoms with Crippen molar-refractivity contribution in [3.63, 3.8) is 0 Å². The molecule has 2 aromatic carbocycles. The zero-order chi connectivity index (χ0) is 20.9. The van der Waals surface area contributed by atoms with Gasteiger partial charge in [0.1, 0.15) is 24.2 Å². The third-order valence-electron chi connectivity index (χ3n) is 5.63. The van der Waals surface area contributed by atoms with Gasteiger partial charge in [0.05, 0.1) is 13.2 Å². The van der Waals surface area contributed by atoms with Crippen LogP contribution in [0.1, 0.15) is 12.8 Å². The Kier molecular flexibility index (Phi) is 6.47. The van der Waals surface area contributed by atoms with Crippen LogP contribution in [0.5, 0.6) is 11.5 Å². The van der Waals surface area contributed by atoms with Gasteiger partial charge < -0.3 is 24.6 Å². The summed E-state index contributed by atoms with van der Waals surface area (Å²) in [6.07, 6.45) is 4.25. The molecule has 0 aliphatic carbocycles. The van der Waals surface area contributed by atoms with Gasteiger partial charge in [0.2, 0.25) is 0 Å². The highest BCUT2D eigenvalue weighted by molar-refractivity contribution is 6.01. The number of β-amino-alcohol motifs (C(OH)–C–C–N with tert-alkyl or cyclic N) is 1. The fraction of sp³-hybridized carbons (Fsp3) is 0.375. The van der Waals surface area contributed by atoms with Crippen molar-refractivity contribution in [2.75, 3.05) is 33.4 Å². The summed E-state index contributed by atoms with van der Waals surface area (Å²) in [6, 6.07) is 13.9. The predicted octanol–water partition coefficient (Wildman–Crippen LogP) is 3.11. The first-order chi connectivity index (χ1) is 14.7. The van der Waals surface area contributed by atoms with Crippen molar-refractivity contribution in [2.45, 2.75) is 25.0 Å². The number of rotatable bonds is 7. The van der Waals surface area contributed by atoms with E-state index >= 15 is 0 Å². The van der Waals surface area contributed by atoms with Crippen molar-refractivity contribution < 1.29 is 19.7 Å². The summed E-state index contributed by atoms with van der Waals surface area (Å²) in [7, 11) is 1.66. The van der Waals surface area contributed by atoms with E-state index in [2.05, 4.69) is 16.0 Å². The molecule has 6 nitrogen and oxygen atoms in total. The summed E-state index contributed by atoms with van der Waals surface area (Å²) in [6.45, 7) is 2.39. The zero-order valence-electron chi connectivity index (χ0n) is 17.2. The van der Waals surface area contributed by atoms with E-state index in [1.54, 1.807) is 19.5 Å². The fourth-order valence-electron chi connectivity index (χ4n) is 4.03. The zero-order valence-corrected chi connectivity index (χ0v) is 17.2. The second-order valence-electron chi connectivity index (χ2n) is 7.73. The van der Waals surface area contributed by atoms with Crippen LogP contribution in [0.4, 0.5) is 0 Å². The van der Waals surface area contributed by atoms with Gasteiger partial charge in [-0.1, -0.05) is 24.3 Å². The molecular formula is C24H28N2O4. The SMILES string of the molecule is COc1ccncc1-c1ccc(OCC(O)CN2CCC(O)CC2)c2ccccc12. The van der Waals surface area contributed by atoms with Crippen LogP contribution in [0.15, 0.2) is 54.9 Å². The van der Waals surface area contributed by atoms with Gasteiger partial charge in [0.15, 0.2) is 0 Å². The molecule has 6 heteroatoms. The van der Waals surface area contributed by atoms with E-state index < -0.39 is 6.10 Å². The van der Waals surface area contributed by atoms with Crippen molar-refractivity contribution in [2.24, 2.45) is 0 Å². The summed E-state index contributed by atoms with van der Waals surface area (Å²) in [5.41, 5.74) is 1.95. The Bertz CT molecular complexity index is 986. The van der Waals surface area contributed by atoms with E-state index in [0.717, 1.165) is 59.3 Å². The number of aromatic nitrogens is 1. The number of likely N-dealkylation sites (tertiary alicyclic amines) is 1. The lowest BCUT2D eigenvalue weighted by Crippen LogP contribution is -2.41. The van der Waals surface area contributed by atoms with E-state index in [4.69, 9.17) is 9.47 Å². The highest BCUT2D eigenvalue weighted by Crippen LogP contribution is 2.38. The van der Waals surface area contributed by atoms with E-state index in [-0.39, 0.29) is 12.7 Å². The number of nitrogens with zero attached hydrogens (tertiary/aromatic N) is 2. The van der Waals surface area contributed by atoms with E-state index in [9.17, 15) is 10.2 Å². The van der Waals surface area contributed by atoms with Crippen LogP contribution in [-0.2, 0) is 0 Å². The number of piperidine rings is 1. The topological polar surface area (TPSA) is 75.0 Å². The van der Waals surface area contributed by atoms with Crippen LogP contribution in [0.2, 0.25) is 0 Å². The summed E-state index contributed by atoms with van der Waals surface area (Å²) in [4.78, 5) is 6.43. The molecule has 0 bridgehead atoms. The highest BCUT2D eigenvalue weighted by Gasteiger charge is 2.20. The summed E-state index contributed by atoms with van der Waals surface area (Å²) >= 11 is 0. The second kappa shape index (κ2) is 9.43. The number of pyridine rings is 1. The first-order valence-corrected chi connectivity index (χ1v) is 10.4. The van der Waals surface area contributed by atoms with Crippen molar-refractivity contribution in [1.82, 2.24) is 9.88 Å². The average molecular weight is 408 g/mol. The molecule has 2 N–H and O–H groups in total. The van der Waals surface area contributed by atoms with Gasteiger partial charge in [-0.25, -0.2) is 0 Å². The van der Waals surface area contributed by atoms with Crippen LogP contribution < -0.4 is 9.47 Å². The Morgan fingerprint density at radius 2 is 1.80 bits per heavy atom. The molecule has 4 rings (SSSR count). The van der Waals surface area contributed by atoms with Gasteiger partial charge in [0.25, 0.3) is 0 Å². The number of hydrogen-bond acceptors (Lipinski definition) is 6. The normalized spacial score (nSPS) is 16.5. The standard InChI is InChI=1S/C24H28N2O4/c1-29-23-8-11-25-14-22(23)20-6-7-24(21-5-3-2-4-19(20)21)30-16-18(28)15-26-12-9-17(27)10-13-26/h2-8,11,14,17-18,27-28H,9-10,12-13,15-16H2,1H3. The number of benzene rings is 2. The molecule has 1 atom stereocenters. The molecule has 0 radical (unpaired) electrons. The molecule has 158 valence electrons. The van der Waals surface area contributed by atoms with Gasteiger partial charge in [-0.2, -0.15) is 0 Å². The molecule has 0 amide bonds. The molecule has 30 heavy (non-hydrogen) atoms. The van der Waals surface area contributed by atoms with Crippen molar-refractivity contribution in [3.8, 4) is 22.6 Å². The first kappa shape index (κ1) is 20.6. The minimum absolute atomic E-state index is 0.210. The molecule has 0 spiro atoms. The van der Waals surface area contributed by atoms with Gasteiger partial charge >= 0.3 is 0 Å². The molecule has 1 aliphatic rings. The maximum Gasteiger partial charge on any atom is 0.129 e. The van der Waals surface area contributed by atoms with Crippen molar-refractivity contribution >= 4 is 10.8 Å². The molecule has 1 fully saturated rings. The van der Waals surface area contributed by atoms with Crippen LogP contribution in [0.3, 0.4) is 0 Å². The maximum atomic E-state index is 10.4. The number of ether oxygens (including phenoxy) is 2. The quantitative estimate of drug-likeness (QED) is 0.626. The lowest BCUT2D eigenvalue weighted by atomic mass is 9.98. The third-order valence-corrected chi connectivity index (χ3v) is 5.63. The lowest BCUT2D eigenvalue weighted by Gasteiger charge is -2.30. The Hall–Kier alpha value is -2.67. The molecule has 1 saturated heterocycles. The number of aliphatic hydroxyl groups is 2. The lowest BCUT2D eigenvalue weighted by molar-refractivity contribution is 0.0340. The van der Waals surface area contributed by atoms with Gasteiger partial charge in [-0.3, -0.25) is 4.98 Å². The summed E-state index contributed by atoms with van der Waals surface area (Å²) in [5.74, 6) is 1.51. The smallest absolute Gasteiger partial charge is 0.129 e. The van der Waals surface area contributed by atoms with Crippen LogP contribution in [0.25, 0.3) is 21.9 Å². The van der Waals surface area contributed by atoms with Crippen LogP contribution in [0, 0.1) is 0 Å². The minimum atomic E-state index is -0.586. The maximum absolute atomic E-state index is 10.4. The number of methoxy groups -OCH3 is 1. The minimum Gasteiger partial charge on any atom is -0.496 e. The Morgan fingerprint density at radius 3 is 2.57 bits per heavy atom. The van der Waals surface area contributed by atoms with Gasteiger partial charge in [-0.15, -0.1) is 0 Å². The Labute approximate surface area is 176 Å². The average Bonchev–Trinajstić information content (AvgIpc) is 2.79. The molecule has 2 heterocycles. The Balaban J connectivity index is 1.52. The molecular weight excluding hydrogens is 380 g/mol. The largest absolute Gasteiger partial charge is 0.496 e. The van der Waals surface area contributed by atoms with Gasteiger partial charge in [-0.05, 0) is 42.0 Å². The van der Waals surface area contributed by atoms with E-state index in [0.29, 0.717) is 6.54 Å².